The molecule has 0 radical (unpaired) electrons. The number of allylic oxidation sites excluding steroid dienone is 7. The molecule has 0 atom stereocenters. The van der Waals surface area contributed by atoms with Gasteiger partial charge in [0.1, 0.15) is 5.75 Å². The summed E-state index contributed by atoms with van der Waals surface area (Å²) in [5.74, 6) is 0.614. The van der Waals surface area contributed by atoms with Gasteiger partial charge in [-0.25, -0.2) is 4.79 Å². The number of ether oxygens (including phenoxy) is 2. The minimum Gasteiger partial charge on any atom is -0.493 e. The van der Waals surface area contributed by atoms with Crippen molar-refractivity contribution in [3.05, 3.63) is 64.8 Å². The van der Waals surface area contributed by atoms with E-state index < -0.39 is 0 Å². The lowest BCUT2D eigenvalue weighted by molar-refractivity contribution is -0.137. The molecule has 3 nitrogen and oxygen atoms in total. The molecule has 32 heavy (non-hydrogen) atoms. The fourth-order valence-electron chi connectivity index (χ4n) is 4.08. The Bertz CT molecular complexity index is 963. The van der Waals surface area contributed by atoms with Gasteiger partial charge in [0.15, 0.2) is 0 Å². The zero-order valence-electron chi connectivity index (χ0n) is 21.4. The predicted molar refractivity (Wildman–Crippen MR) is 136 cm³/mol. The zero-order valence-corrected chi connectivity index (χ0v) is 21.4. The molecule has 1 aromatic carbocycles. The van der Waals surface area contributed by atoms with E-state index in [4.69, 9.17) is 9.47 Å². The highest BCUT2D eigenvalue weighted by Crippen LogP contribution is 2.48. The number of esters is 1. The molecular formula is C29H40O3. The van der Waals surface area contributed by atoms with Gasteiger partial charge in [-0.1, -0.05) is 58.9 Å². The second-order valence-electron chi connectivity index (χ2n) is 10.1. The normalized spacial score (nSPS) is 16.6. The van der Waals surface area contributed by atoms with E-state index in [0.29, 0.717) is 13.2 Å². The van der Waals surface area contributed by atoms with Crippen LogP contribution in [0.3, 0.4) is 0 Å². The van der Waals surface area contributed by atoms with E-state index >= 15 is 0 Å². The van der Waals surface area contributed by atoms with Crippen LogP contribution >= 0.6 is 0 Å². The number of hydrogen-bond donors (Lipinski definition) is 0. The predicted octanol–water partition coefficient (Wildman–Crippen LogP) is 7.67. The molecule has 0 saturated carbocycles. The largest absolute Gasteiger partial charge is 0.493 e. The molecule has 0 aromatic heterocycles. The number of rotatable bonds is 7. The standard InChI is InChI=1S/C29H40O3/c1-10-31-26-19-25-23(24(28(5,6)7)15-16-29(25,8)9)18-22(26)21(4)14-12-13-20(3)17-27(30)32-11-2/h12-15,17-19H,10-11,16H2,1-9H3/b13-12+,20-17+,21-14-. The third-order valence-corrected chi connectivity index (χ3v) is 5.83. The fraction of sp³-hybridized carbons (Fsp3) is 0.483. The molecule has 0 saturated heterocycles. The molecule has 0 spiro atoms. The Kier molecular flexibility index (Phi) is 8.34. The summed E-state index contributed by atoms with van der Waals surface area (Å²) >= 11 is 0. The van der Waals surface area contributed by atoms with Crippen LogP contribution in [-0.4, -0.2) is 19.2 Å². The van der Waals surface area contributed by atoms with Crippen LogP contribution in [0.25, 0.3) is 11.1 Å². The Labute approximate surface area is 194 Å². The lowest BCUT2D eigenvalue weighted by atomic mass is 9.67. The lowest BCUT2D eigenvalue weighted by Gasteiger charge is -2.37. The number of hydrogen-bond acceptors (Lipinski definition) is 3. The van der Waals surface area contributed by atoms with E-state index in [9.17, 15) is 4.79 Å². The van der Waals surface area contributed by atoms with E-state index in [2.05, 4.69) is 65.8 Å². The van der Waals surface area contributed by atoms with Gasteiger partial charge in [0.2, 0.25) is 0 Å². The van der Waals surface area contributed by atoms with Crippen molar-refractivity contribution in [1.82, 2.24) is 0 Å². The summed E-state index contributed by atoms with van der Waals surface area (Å²) in [6.07, 6.45) is 10.9. The summed E-state index contributed by atoms with van der Waals surface area (Å²) in [6, 6.07) is 4.55. The summed E-state index contributed by atoms with van der Waals surface area (Å²) < 4.78 is 11.1. The zero-order chi connectivity index (χ0) is 24.1. The van der Waals surface area contributed by atoms with Crippen molar-refractivity contribution in [3.63, 3.8) is 0 Å². The Morgan fingerprint density at radius 1 is 1.12 bits per heavy atom. The SMILES string of the molecule is CCOC(=O)/C=C(C)/C=C/C=C(/C)c1cc2c(cc1OCC)C(C)(C)CC=C2C(C)(C)C. The first kappa shape index (κ1) is 25.7. The second kappa shape index (κ2) is 10.4. The van der Waals surface area contributed by atoms with Crippen molar-refractivity contribution >= 4 is 17.1 Å². The van der Waals surface area contributed by atoms with Gasteiger partial charge >= 0.3 is 5.97 Å². The first-order chi connectivity index (χ1) is 14.9. The monoisotopic (exact) mass is 436 g/mol. The Hall–Kier alpha value is -2.55. The van der Waals surface area contributed by atoms with E-state index in [0.717, 1.165) is 28.9 Å². The van der Waals surface area contributed by atoms with Crippen molar-refractivity contribution < 1.29 is 14.3 Å². The molecule has 1 aliphatic rings. The first-order valence-electron chi connectivity index (χ1n) is 11.6. The maximum Gasteiger partial charge on any atom is 0.330 e. The summed E-state index contributed by atoms with van der Waals surface area (Å²) in [5, 5.41) is 0. The Morgan fingerprint density at radius 3 is 2.41 bits per heavy atom. The maximum atomic E-state index is 11.6. The van der Waals surface area contributed by atoms with Gasteiger partial charge in [-0.3, -0.25) is 0 Å². The minimum atomic E-state index is -0.312. The molecule has 0 fully saturated rings. The third-order valence-electron chi connectivity index (χ3n) is 5.83. The Balaban J connectivity index is 2.51. The summed E-state index contributed by atoms with van der Waals surface area (Å²) in [4.78, 5) is 11.6. The van der Waals surface area contributed by atoms with Crippen molar-refractivity contribution in [2.24, 2.45) is 5.41 Å². The highest BCUT2D eigenvalue weighted by Gasteiger charge is 2.33. The Morgan fingerprint density at radius 2 is 1.81 bits per heavy atom. The van der Waals surface area contributed by atoms with E-state index in [1.807, 2.05) is 26.0 Å². The van der Waals surface area contributed by atoms with Gasteiger partial charge in [0, 0.05) is 11.6 Å². The fourth-order valence-corrected chi connectivity index (χ4v) is 4.08. The number of fused-ring (bicyclic) bond motifs is 1. The van der Waals surface area contributed by atoms with E-state index in [1.54, 1.807) is 6.92 Å². The topological polar surface area (TPSA) is 35.5 Å². The third kappa shape index (κ3) is 6.25. The van der Waals surface area contributed by atoms with Gasteiger partial charge in [0.05, 0.1) is 13.2 Å². The van der Waals surface area contributed by atoms with Gasteiger partial charge in [-0.15, -0.1) is 0 Å². The average Bonchev–Trinajstić information content (AvgIpc) is 2.67. The molecule has 2 rings (SSSR count). The van der Waals surface area contributed by atoms with Crippen LogP contribution in [0.2, 0.25) is 0 Å². The van der Waals surface area contributed by atoms with Gasteiger partial charge in [0.25, 0.3) is 0 Å². The molecule has 0 amide bonds. The second-order valence-corrected chi connectivity index (χ2v) is 10.1. The van der Waals surface area contributed by atoms with Crippen LogP contribution in [0.15, 0.2) is 48.1 Å². The van der Waals surface area contributed by atoms with Crippen LogP contribution in [0.5, 0.6) is 5.75 Å². The van der Waals surface area contributed by atoms with Crippen LogP contribution in [-0.2, 0) is 14.9 Å². The molecule has 0 bridgehead atoms. The average molecular weight is 437 g/mol. The quantitative estimate of drug-likeness (QED) is 0.250. The minimum absolute atomic E-state index is 0.0704. The smallest absolute Gasteiger partial charge is 0.330 e. The molecule has 1 aromatic rings. The lowest BCUT2D eigenvalue weighted by Crippen LogP contribution is -2.25. The molecule has 1 aliphatic carbocycles. The number of carbonyl (C=O) groups excluding carboxylic acids is 1. The van der Waals surface area contributed by atoms with Gasteiger partial charge in [-0.05, 0) is 84.9 Å². The molecule has 174 valence electrons. The maximum absolute atomic E-state index is 11.6. The summed E-state index contributed by atoms with van der Waals surface area (Å²) in [5.41, 5.74) is 7.29. The summed E-state index contributed by atoms with van der Waals surface area (Å²) in [7, 11) is 0. The van der Waals surface area contributed by atoms with Gasteiger partial charge < -0.3 is 9.47 Å². The highest BCUT2D eigenvalue weighted by atomic mass is 16.5. The van der Waals surface area contributed by atoms with Crippen LogP contribution in [0.4, 0.5) is 0 Å². The van der Waals surface area contributed by atoms with E-state index in [-0.39, 0.29) is 16.8 Å². The highest BCUT2D eigenvalue weighted by molar-refractivity contribution is 5.83. The van der Waals surface area contributed by atoms with Crippen LogP contribution in [0, 0.1) is 5.41 Å². The molecule has 0 N–H and O–H groups in total. The van der Waals surface area contributed by atoms with Gasteiger partial charge in [-0.2, -0.15) is 0 Å². The molecular weight excluding hydrogens is 396 g/mol. The molecule has 0 aliphatic heterocycles. The van der Waals surface area contributed by atoms with Crippen LogP contribution in [0.1, 0.15) is 85.4 Å². The molecule has 0 heterocycles. The first-order valence-corrected chi connectivity index (χ1v) is 11.6. The number of carbonyl (C=O) groups is 1. The molecule has 3 heteroatoms. The molecule has 0 unspecified atom stereocenters. The van der Waals surface area contributed by atoms with Crippen molar-refractivity contribution in [1.29, 1.82) is 0 Å². The number of benzene rings is 1. The van der Waals surface area contributed by atoms with E-state index in [1.165, 1.54) is 22.8 Å². The van der Waals surface area contributed by atoms with Crippen molar-refractivity contribution in [2.75, 3.05) is 13.2 Å². The summed E-state index contributed by atoms with van der Waals surface area (Å²) in [6.45, 7) is 20.3. The van der Waals surface area contributed by atoms with Crippen molar-refractivity contribution in [2.45, 2.75) is 74.1 Å². The van der Waals surface area contributed by atoms with Crippen LogP contribution < -0.4 is 4.74 Å². The van der Waals surface area contributed by atoms with Crippen molar-refractivity contribution in [3.8, 4) is 5.75 Å².